The first-order chi connectivity index (χ1) is 8.85. The molecule has 1 aromatic rings. The Morgan fingerprint density at radius 3 is 3.28 bits per heavy atom. The first-order valence-corrected chi connectivity index (χ1v) is 6.05. The lowest BCUT2D eigenvalue weighted by Crippen LogP contribution is -2.46. The van der Waals surface area contributed by atoms with Crippen LogP contribution < -0.4 is 4.90 Å². The molecule has 1 aromatic heterocycles. The average Bonchev–Trinajstić information content (AvgIpc) is 2.45. The molecular formula is C13H17N3O2. The van der Waals surface area contributed by atoms with E-state index in [1.807, 2.05) is 12.1 Å². The van der Waals surface area contributed by atoms with Gasteiger partial charge in [-0.3, -0.25) is 0 Å². The standard InChI is InChI=1S/C13H17N3O2/c1-17-7-5-12-10-18-8-6-16(12)13-4-2-3-11(9-14)15-13/h2-4,12H,5-8,10H2,1H3. The summed E-state index contributed by atoms with van der Waals surface area (Å²) < 4.78 is 10.6. The van der Waals surface area contributed by atoms with Gasteiger partial charge in [0.1, 0.15) is 17.6 Å². The summed E-state index contributed by atoms with van der Waals surface area (Å²) in [5.41, 5.74) is 0.449. The molecule has 96 valence electrons. The van der Waals surface area contributed by atoms with Gasteiger partial charge < -0.3 is 14.4 Å². The van der Waals surface area contributed by atoms with Crippen molar-refractivity contribution in [3.63, 3.8) is 0 Å². The molecule has 1 saturated heterocycles. The smallest absolute Gasteiger partial charge is 0.142 e. The molecule has 18 heavy (non-hydrogen) atoms. The van der Waals surface area contributed by atoms with Crippen molar-refractivity contribution in [1.82, 2.24) is 4.98 Å². The zero-order valence-electron chi connectivity index (χ0n) is 10.5. The lowest BCUT2D eigenvalue weighted by Gasteiger charge is -2.36. The molecule has 0 radical (unpaired) electrons. The van der Waals surface area contributed by atoms with E-state index >= 15 is 0 Å². The van der Waals surface area contributed by atoms with Crippen LogP contribution in [-0.4, -0.2) is 44.5 Å². The highest BCUT2D eigenvalue weighted by Gasteiger charge is 2.23. The quantitative estimate of drug-likeness (QED) is 0.800. The minimum absolute atomic E-state index is 0.264. The molecule has 0 bridgehead atoms. The van der Waals surface area contributed by atoms with Gasteiger partial charge in [0.05, 0.1) is 19.3 Å². The average molecular weight is 247 g/mol. The molecule has 1 aliphatic rings. The highest BCUT2D eigenvalue weighted by atomic mass is 16.5. The van der Waals surface area contributed by atoms with Gasteiger partial charge in [0, 0.05) is 20.3 Å². The molecule has 2 rings (SSSR count). The molecule has 0 spiro atoms. The molecule has 0 N–H and O–H groups in total. The van der Waals surface area contributed by atoms with Crippen LogP contribution in [-0.2, 0) is 9.47 Å². The van der Waals surface area contributed by atoms with Crippen LogP contribution in [0.5, 0.6) is 0 Å². The molecule has 0 aliphatic carbocycles. The Morgan fingerprint density at radius 1 is 1.61 bits per heavy atom. The van der Waals surface area contributed by atoms with Crippen molar-refractivity contribution in [3.05, 3.63) is 23.9 Å². The van der Waals surface area contributed by atoms with Crippen LogP contribution in [0.15, 0.2) is 18.2 Å². The van der Waals surface area contributed by atoms with E-state index in [1.54, 1.807) is 13.2 Å². The number of aromatic nitrogens is 1. The van der Waals surface area contributed by atoms with Gasteiger partial charge in [-0.2, -0.15) is 5.26 Å². The maximum Gasteiger partial charge on any atom is 0.142 e. The predicted molar refractivity (Wildman–Crippen MR) is 67.4 cm³/mol. The minimum atomic E-state index is 0.264. The summed E-state index contributed by atoms with van der Waals surface area (Å²) in [6.45, 7) is 2.88. The Bertz CT molecular complexity index is 430. The van der Waals surface area contributed by atoms with Crippen LogP contribution in [0.3, 0.4) is 0 Å². The lowest BCUT2D eigenvalue weighted by atomic mass is 10.1. The number of morpholine rings is 1. The molecule has 1 aliphatic heterocycles. The zero-order chi connectivity index (χ0) is 12.8. The Balaban J connectivity index is 2.14. The fourth-order valence-electron chi connectivity index (χ4n) is 2.09. The van der Waals surface area contributed by atoms with Crippen molar-refractivity contribution < 1.29 is 9.47 Å². The van der Waals surface area contributed by atoms with Crippen molar-refractivity contribution in [2.45, 2.75) is 12.5 Å². The highest BCUT2D eigenvalue weighted by molar-refractivity contribution is 5.43. The Morgan fingerprint density at radius 2 is 2.50 bits per heavy atom. The van der Waals surface area contributed by atoms with Crippen LogP contribution >= 0.6 is 0 Å². The topological polar surface area (TPSA) is 58.4 Å². The molecule has 5 nitrogen and oxygen atoms in total. The van der Waals surface area contributed by atoms with Crippen molar-refractivity contribution in [3.8, 4) is 6.07 Å². The highest BCUT2D eigenvalue weighted by Crippen LogP contribution is 2.19. The van der Waals surface area contributed by atoms with Crippen molar-refractivity contribution >= 4 is 5.82 Å². The van der Waals surface area contributed by atoms with Crippen molar-refractivity contribution in [1.29, 1.82) is 5.26 Å². The number of hydrogen-bond acceptors (Lipinski definition) is 5. The third kappa shape index (κ3) is 2.97. The first-order valence-electron chi connectivity index (χ1n) is 6.05. The van der Waals surface area contributed by atoms with E-state index < -0.39 is 0 Å². The summed E-state index contributed by atoms with van der Waals surface area (Å²) in [7, 11) is 1.70. The van der Waals surface area contributed by atoms with E-state index in [4.69, 9.17) is 14.7 Å². The molecule has 0 saturated carbocycles. The van der Waals surface area contributed by atoms with Gasteiger partial charge in [0.15, 0.2) is 0 Å². The van der Waals surface area contributed by atoms with Gasteiger partial charge in [0.2, 0.25) is 0 Å². The van der Waals surface area contributed by atoms with E-state index in [1.165, 1.54) is 0 Å². The first kappa shape index (κ1) is 12.8. The number of nitrogens with zero attached hydrogens (tertiary/aromatic N) is 3. The van der Waals surface area contributed by atoms with Gasteiger partial charge in [-0.1, -0.05) is 6.07 Å². The second-order valence-electron chi connectivity index (χ2n) is 4.20. The number of anilines is 1. The monoisotopic (exact) mass is 247 g/mol. The normalized spacial score (nSPS) is 19.6. The lowest BCUT2D eigenvalue weighted by molar-refractivity contribution is 0.0794. The molecule has 2 heterocycles. The number of ether oxygens (including phenoxy) is 2. The summed E-state index contributed by atoms with van der Waals surface area (Å²) in [5, 5.41) is 8.89. The largest absolute Gasteiger partial charge is 0.385 e. The van der Waals surface area contributed by atoms with Crippen molar-refractivity contribution in [2.75, 3.05) is 38.4 Å². The van der Waals surface area contributed by atoms with Gasteiger partial charge in [-0.05, 0) is 18.6 Å². The third-order valence-corrected chi connectivity index (χ3v) is 3.03. The number of methoxy groups -OCH3 is 1. The van der Waals surface area contributed by atoms with Gasteiger partial charge in [-0.25, -0.2) is 4.98 Å². The molecule has 1 fully saturated rings. The maximum absolute atomic E-state index is 8.89. The van der Waals surface area contributed by atoms with Gasteiger partial charge in [0.25, 0.3) is 0 Å². The summed E-state index contributed by atoms with van der Waals surface area (Å²) in [6, 6.07) is 7.85. The summed E-state index contributed by atoms with van der Waals surface area (Å²) in [4.78, 5) is 6.54. The molecular weight excluding hydrogens is 230 g/mol. The Kier molecular flexibility index (Phi) is 4.51. The molecule has 0 amide bonds. The predicted octanol–water partition coefficient (Wildman–Crippen LogP) is 1.19. The second-order valence-corrected chi connectivity index (χ2v) is 4.20. The number of pyridine rings is 1. The molecule has 1 unspecified atom stereocenters. The fourth-order valence-corrected chi connectivity index (χ4v) is 2.09. The number of hydrogen-bond donors (Lipinski definition) is 0. The van der Waals surface area contributed by atoms with E-state index in [0.717, 1.165) is 18.8 Å². The zero-order valence-corrected chi connectivity index (χ0v) is 10.5. The minimum Gasteiger partial charge on any atom is -0.385 e. The summed E-state index contributed by atoms with van der Waals surface area (Å²) in [6.07, 6.45) is 0.898. The maximum atomic E-state index is 8.89. The SMILES string of the molecule is COCCC1COCCN1c1cccc(C#N)n1. The van der Waals surface area contributed by atoms with Crippen LogP contribution in [0.4, 0.5) is 5.82 Å². The molecule has 5 heteroatoms. The van der Waals surface area contributed by atoms with Crippen LogP contribution in [0.25, 0.3) is 0 Å². The van der Waals surface area contributed by atoms with E-state index in [2.05, 4.69) is 16.0 Å². The third-order valence-electron chi connectivity index (χ3n) is 3.03. The number of rotatable bonds is 4. The van der Waals surface area contributed by atoms with Crippen LogP contribution in [0.1, 0.15) is 12.1 Å². The van der Waals surface area contributed by atoms with E-state index in [9.17, 15) is 0 Å². The van der Waals surface area contributed by atoms with Gasteiger partial charge >= 0.3 is 0 Å². The Labute approximate surface area is 107 Å². The van der Waals surface area contributed by atoms with Crippen molar-refractivity contribution in [2.24, 2.45) is 0 Å². The fraction of sp³-hybridized carbons (Fsp3) is 0.538. The second kappa shape index (κ2) is 6.34. The van der Waals surface area contributed by atoms with E-state index in [-0.39, 0.29) is 6.04 Å². The number of nitriles is 1. The van der Waals surface area contributed by atoms with Crippen LogP contribution in [0.2, 0.25) is 0 Å². The van der Waals surface area contributed by atoms with E-state index in [0.29, 0.717) is 25.5 Å². The Hall–Kier alpha value is -1.64. The summed E-state index contributed by atoms with van der Waals surface area (Å²) in [5.74, 6) is 0.846. The summed E-state index contributed by atoms with van der Waals surface area (Å²) >= 11 is 0. The molecule has 1 atom stereocenters. The van der Waals surface area contributed by atoms with Gasteiger partial charge in [-0.15, -0.1) is 0 Å². The van der Waals surface area contributed by atoms with Crippen LogP contribution in [0, 0.1) is 11.3 Å². The molecule has 0 aromatic carbocycles.